The molecular weight excluding hydrogens is 321 g/mol. The Bertz CT molecular complexity index is 574. The standard InChI is InChI=1S/C13H10BrClFNO/c1-7-2-5-10(17-6-7)13(18)8-3-4-9(14)11(15)12(8)16/h2-6,13,18H,1H3. The van der Waals surface area contributed by atoms with E-state index in [0.29, 0.717) is 10.2 Å². The molecule has 0 aliphatic heterocycles. The summed E-state index contributed by atoms with van der Waals surface area (Å²) >= 11 is 8.91. The Balaban J connectivity index is 2.43. The highest BCUT2D eigenvalue weighted by atomic mass is 79.9. The fourth-order valence-corrected chi connectivity index (χ4v) is 2.03. The van der Waals surface area contributed by atoms with Crippen molar-refractivity contribution >= 4 is 27.5 Å². The molecule has 2 nitrogen and oxygen atoms in total. The quantitative estimate of drug-likeness (QED) is 0.844. The molecule has 18 heavy (non-hydrogen) atoms. The van der Waals surface area contributed by atoms with E-state index < -0.39 is 11.9 Å². The van der Waals surface area contributed by atoms with Crippen molar-refractivity contribution in [2.45, 2.75) is 13.0 Å². The first-order valence-corrected chi connectivity index (χ1v) is 6.42. The summed E-state index contributed by atoms with van der Waals surface area (Å²) in [6.45, 7) is 1.89. The summed E-state index contributed by atoms with van der Waals surface area (Å²) in [6, 6.07) is 6.55. The monoisotopic (exact) mass is 329 g/mol. The van der Waals surface area contributed by atoms with E-state index in [1.165, 1.54) is 6.07 Å². The van der Waals surface area contributed by atoms with Crippen LogP contribution < -0.4 is 0 Å². The van der Waals surface area contributed by atoms with Crippen LogP contribution in [0.15, 0.2) is 34.9 Å². The van der Waals surface area contributed by atoms with Crippen LogP contribution in [-0.4, -0.2) is 10.1 Å². The molecule has 0 fully saturated rings. The van der Waals surface area contributed by atoms with Crippen molar-refractivity contribution in [3.63, 3.8) is 0 Å². The fraction of sp³-hybridized carbons (Fsp3) is 0.154. The van der Waals surface area contributed by atoms with Crippen molar-refractivity contribution in [3.05, 3.63) is 62.6 Å². The van der Waals surface area contributed by atoms with Gasteiger partial charge in [-0.1, -0.05) is 23.7 Å². The number of hydrogen-bond acceptors (Lipinski definition) is 2. The molecule has 0 amide bonds. The van der Waals surface area contributed by atoms with Crippen LogP contribution in [0.25, 0.3) is 0 Å². The molecule has 1 aromatic heterocycles. The summed E-state index contributed by atoms with van der Waals surface area (Å²) < 4.78 is 14.4. The van der Waals surface area contributed by atoms with Crippen molar-refractivity contribution in [1.82, 2.24) is 4.98 Å². The molecule has 1 heterocycles. The van der Waals surface area contributed by atoms with Crippen molar-refractivity contribution in [2.75, 3.05) is 0 Å². The number of aromatic nitrogens is 1. The van der Waals surface area contributed by atoms with E-state index in [9.17, 15) is 9.50 Å². The Morgan fingerprint density at radius 2 is 2.06 bits per heavy atom. The van der Waals surface area contributed by atoms with E-state index >= 15 is 0 Å². The largest absolute Gasteiger partial charge is 0.382 e. The third-order valence-electron chi connectivity index (χ3n) is 2.57. The van der Waals surface area contributed by atoms with Crippen LogP contribution in [0, 0.1) is 12.7 Å². The molecule has 0 saturated carbocycles. The number of hydrogen-bond donors (Lipinski definition) is 1. The zero-order valence-electron chi connectivity index (χ0n) is 9.49. The molecule has 0 saturated heterocycles. The Labute approximate surface area is 118 Å². The highest BCUT2D eigenvalue weighted by Crippen LogP contribution is 2.32. The predicted molar refractivity (Wildman–Crippen MR) is 72.1 cm³/mol. The maximum absolute atomic E-state index is 13.9. The lowest BCUT2D eigenvalue weighted by Crippen LogP contribution is -2.05. The summed E-state index contributed by atoms with van der Waals surface area (Å²) in [5.41, 5.74) is 1.47. The Hall–Kier alpha value is -0.970. The molecular formula is C13H10BrClFNO. The maximum atomic E-state index is 13.9. The molecule has 2 aromatic rings. The maximum Gasteiger partial charge on any atom is 0.149 e. The minimum absolute atomic E-state index is 0.0429. The first kappa shape index (κ1) is 13.5. The van der Waals surface area contributed by atoms with Gasteiger partial charge in [0.05, 0.1) is 10.7 Å². The number of aliphatic hydroxyl groups is 1. The van der Waals surface area contributed by atoms with Gasteiger partial charge in [0.15, 0.2) is 0 Å². The fourth-order valence-electron chi connectivity index (χ4n) is 1.55. The molecule has 94 valence electrons. The first-order chi connectivity index (χ1) is 8.50. The Morgan fingerprint density at radius 3 is 2.67 bits per heavy atom. The summed E-state index contributed by atoms with van der Waals surface area (Å²) in [5.74, 6) is -0.638. The summed E-state index contributed by atoms with van der Waals surface area (Å²) in [7, 11) is 0. The van der Waals surface area contributed by atoms with E-state index in [1.807, 2.05) is 13.0 Å². The zero-order chi connectivity index (χ0) is 13.3. The van der Waals surface area contributed by atoms with Crippen LogP contribution >= 0.6 is 27.5 Å². The smallest absolute Gasteiger partial charge is 0.149 e. The number of aliphatic hydroxyl groups excluding tert-OH is 1. The second-order valence-corrected chi connectivity index (χ2v) is 5.16. The second kappa shape index (κ2) is 5.34. The van der Waals surface area contributed by atoms with E-state index in [1.54, 1.807) is 18.3 Å². The molecule has 0 aliphatic rings. The molecule has 1 aromatic carbocycles. The van der Waals surface area contributed by atoms with Gasteiger partial charge in [-0.05, 0) is 40.5 Å². The zero-order valence-corrected chi connectivity index (χ0v) is 11.8. The first-order valence-electron chi connectivity index (χ1n) is 5.24. The van der Waals surface area contributed by atoms with E-state index in [4.69, 9.17) is 11.6 Å². The number of halogens is 3. The average Bonchev–Trinajstić information content (AvgIpc) is 2.36. The van der Waals surface area contributed by atoms with Gasteiger partial charge in [0, 0.05) is 16.2 Å². The normalized spacial score (nSPS) is 12.5. The van der Waals surface area contributed by atoms with Gasteiger partial charge in [-0.15, -0.1) is 0 Å². The molecule has 5 heteroatoms. The van der Waals surface area contributed by atoms with Gasteiger partial charge >= 0.3 is 0 Å². The summed E-state index contributed by atoms with van der Waals surface area (Å²) in [5, 5.41) is 10.1. The third-order valence-corrected chi connectivity index (χ3v) is 3.83. The van der Waals surface area contributed by atoms with Gasteiger partial charge in [0.2, 0.25) is 0 Å². The van der Waals surface area contributed by atoms with Crippen molar-refractivity contribution in [2.24, 2.45) is 0 Å². The van der Waals surface area contributed by atoms with Crippen LogP contribution in [0.4, 0.5) is 4.39 Å². The molecule has 0 radical (unpaired) electrons. The van der Waals surface area contributed by atoms with Gasteiger partial charge in [-0.3, -0.25) is 4.98 Å². The molecule has 1 N–H and O–H groups in total. The number of rotatable bonds is 2. The minimum Gasteiger partial charge on any atom is -0.382 e. The molecule has 0 spiro atoms. The molecule has 1 atom stereocenters. The molecule has 1 unspecified atom stereocenters. The van der Waals surface area contributed by atoms with Crippen molar-refractivity contribution in [3.8, 4) is 0 Å². The Kier molecular flexibility index (Phi) is 4.00. The average molecular weight is 331 g/mol. The highest BCUT2D eigenvalue weighted by molar-refractivity contribution is 9.10. The third kappa shape index (κ3) is 2.55. The van der Waals surface area contributed by atoms with Gasteiger partial charge in [-0.2, -0.15) is 0 Å². The van der Waals surface area contributed by atoms with Gasteiger partial charge in [0.25, 0.3) is 0 Å². The Morgan fingerprint density at radius 1 is 1.33 bits per heavy atom. The van der Waals surface area contributed by atoms with Crippen LogP contribution in [0.1, 0.15) is 22.9 Å². The lowest BCUT2D eigenvalue weighted by atomic mass is 10.1. The topological polar surface area (TPSA) is 33.1 Å². The summed E-state index contributed by atoms with van der Waals surface area (Å²) in [6.07, 6.45) is 0.493. The molecule has 2 rings (SSSR count). The van der Waals surface area contributed by atoms with Crippen molar-refractivity contribution < 1.29 is 9.50 Å². The van der Waals surface area contributed by atoms with Gasteiger partial charge < -0.3 is 5.11 Å². The summed E-state index contributed by atoms with van der Waals surface area (Å²) in [4.78, 5) is 4.08. The van der Waals surface area contributed by atoms with Gasteiger partial charge in [-0.25, -0.2) is 4.39 Å². The minimum atomic E-state index is -1.13. The number of benzene rings is 1. The van der Waals surface area contributed by atoms with Gasteiger partial charge in [0.1, 0.15) is 11.9 Å². The highest BCUT2D eigenvalue weighted by Gasteiger charge is 2.19. The molecule has 0 aliphatic carbocycles. The number of aryl methyl sites for hydroxylation is 1. The van der Waals surface area contributed by atoms with Crippen LogP contribution in [0.5, 0.6) is 0 Å². The second-order valence-electron chi connectivity index (χ2n) is 3.93. The van der Waals surface area contributed by atoms with Crippen LogP contribution in [0.2, 0.25) is 5.02 Å². The van der Waals surface area contributed by atoms with Crippen LogP contribution in [0.3, 0.4) is 0 Å². The van der Waals surface area contributed by atoms with Crippen molar-refractivity contribution in [1.29, 1.82) is 0 Å². The lowest BCUT2D eigenvalue weighted by molar-refractivity contribution is 0.210. The van der Waals surface area contributed by atoms with Crippen LogP contribution in [-0.2, 0) is 0 Å². The SMILES string of the molecule is Cc1ccc(C(O)c2ccc(Br)c(Cl)c2F)nc1. The van der Waals surface area contributed by atoms with E-state index in [0.717, 1.165) is 5.56 Å². The number of nitrogens with zero attached hydrogens (tertiary/aromatic N) is 1. The molecule has 0 bridgehead atoms. The predicted octanol–water partition coefficient (Wildman–Crippen LogP) is 4.03. The van der Waals surface area contributed by atoms with E-state index in [2.05, 4.69) is 20.9 Å². The van der Waals surface area contributed by atoms with E-state index in [-0.39, 0.29) is 10.6 Å². The number of pyridine rings is 1. The lowest BCUT2D eigenvalue weighted by Gasteiger charge is -2.13.